The Kier molecular flexibility index (Phi) is 5.98. The first kappa shape index (κ1) is 20.7. The SMILES string of the molecule is [2H]C1([2H])OC2CN(C(=O)c3ccc(OCCOC(F)(F)F)c(OC)n3)CCC2(c2ccccc2)O1. The summed E-state index contributed by atoms with van der Waals surface area (Å²) in [5.74, 6) is -0.472. The van der Waals surface area contributed by atoms with Crippen molar-refractivity contribution in [1.29, 1.82) is 0 Å². The molecule has 2 aromatic rings. The number of hydrogen-bond acceptors (Lipinski definition) is 7. The smallest absolute Gasteiger partial charge is 0.486 e. The summed E-state index contributed by atoms with van der Waals surface area (Å²) in [5.41, 5.74) is -0.257. The molecule has 178 valence electrons. The second kappa shape index (κ2) is 9.54. The Balaban J connectivity index is 1.46. The second-order valence-electron chi connectivity index (χ2n) is 7.40. The van der Waals surface area contributed by atoms with Crippen LogP contribution in [-0.2, 0) is 19.8 Å². The molecule has 33 heavy (non-hydrogen) atoms. The predicted molar refractivity (Wildman–Crippen MR) is 108 cm³/mol. The highest BCUT2D eigenvalue weighted by molar-refractivity contribution is 5.92. The number of pyridine rings is 1. The Morgan fingerprint density at radius 3 is 2.79 bits per heavy atom. The predicted octanol–water partition coefficient (Wildman–Crippen LogP) is 3.12. The molecule has 3 heterocycles. The third-order valence-corrected chi connectivity index (χ3v) is 5.47. The molecule has 2 atom stereocenters. The number of benzene rings is 1. The zero-order valence-corrected chi connectivity index (χ0v) is 17.6. The van der Waals surface area contributed by atoms with Crippen molar-refractivity contribution < 1.29 is 44.4 Å². The number of nitrogens with zero attached hydrogens (tertiary/aromatic N) is 2. The summed E-state index contributed by atoms with van der Waals surface area (Å²) in [7, 11) is 1.29. The van der Waals surface area contributed by atoms with Gasteiger partial charge in [0.2, 0.25) is 0 Å². The summed E-state index contributed by atoms with van der Waals surface area (Å²) in [6.45, 7) is -3.12. The molecular formula is C22H23F3N2O6. The van der Waals surface area contributed by atoms with E-state index in [1.165, 1.54) is 24.1 Å². The van der Waals surface area contributed by atoms with Crippen LogP contribution in [0.25, 0.3) is 0 Å². The van der Waals surface area contributed by atoms with Gasteiger partial charge < -0.3 is 23.8 Å². The summed E-state index contributed by atoms with van der Waals surface area (Å²) in [4.78, 5) is 18.8. The zero-order chi connectivity index (χ0) is 25.3. The van der Waals surface area contributed by atoms with E-state index in [0.29, 0.717) is 6.42 Å². The number of halogens is 3. The van der Waals surface area contributed by atoms with Crippen LogP contribution >= 0.6 is 0 Å². The molecule has 4 rings (SSSR count). The average Bonchev–Trinajstić information content (AvgIpc) is 3.11. The van der Waals surface area contributed by atoms with E-state index in [4.69, 9.17) is 21.7 Å². The van der Waals surface area contributed by atoms with Gasteiger partial charge in [0.15, 0.2) is 5.75 Å². The van der Waals surface area contributed by atoms with Gasteiger partial charge in [-0.25, -0.2) is 4.98 Å². The topological polar surface area (TPSA) is 79.4 Å². The Morgan fingerprint density at radius 2 is 2.06 bits per heavy atom. The third-order valence-electron chi connectivity index (χ3n) is 5.47. The number of fused-ring (bicyclic) bond motifs is 1. The molecule has 1 amide bonds. The summed E-state index contributed by atoms with van der Waals surface area (Å²) in [6.07, 6.45) is -5.22. The summed E-state index contributed by atoms with van der Waals surface area (Å²) < 4.78 is 77.5. The largest absolute Gasteiger partial charge is 0.522 e. The first-order valence-corrected chi connectivity index (χ1v) is 10.1. The van der Waals surface area contributed by atoms with Crippen LogP contribution in [0.4, 0.5) is 13.2 Å². The van der Waals surface area contributed by atoms with Crippen molar-refractivity contribution in [1.82, 2.24) is 9.88 Å². The minimum Gasteiger partial charge on any atom is -0.486 e. The van der Waals surface area contributed by atoms with Gasteiger partial charge in [0.05, 0.1) is 23.0 Å². The number of aromatic nitrogens is 1. The quantitative estimate of drug-likeness (QED) is 0.576. The molecular weight excluding hydrogens is 445 g/mol. The van der Waals surface area contributed by atoms with Crippen LogP contribution in [0.15, 0.2) is 42.5 Å². The number of alkyl halides is 3. The van der Waals surface area contributed by atoms with E-state index in [-0.39, 0.29) is 30.4 Å². The lowest BCUT2D eigenvalue weighted by atomic mass is 9.82. The van der Waals surface area contributed by atoms with Crippen molar-refractivity contribution in [2.24, 2.45) is 0 Å². The molecule has 1 aromatic carbocycles. The minimum atomic E-state index is -4.76. The van der Waals surface area contributed by atoms with Gasteiger partial charge in [-0.15, -0.1) is 13.2 Å². The van der Waals surface area contributed by atoms with Crippen LogP contribution in [0.1, 0.15) is 25.2 Å². The molecule has 2 unspecified atom stereocenters. The fraction of sp³-hybridized carbons (Fsp3) is 0.455. The van der Waals surface area contributed by atoms with E-state index < -0.39 is 43.9 Å². The van der Waals surface area contributed by atoms with Gasteiger partial charge in [-0.3, -0.25) is 9.53 Å². The summed E-state index contributed by atoms with van der Waals surface area (Å²) in [6, 6.07) is 11.9. The number of ether oxygens (including phenoxy) is 5. The fourth-order valence-electron chi connectivity index (χ4n) is 3.87. The van der Waals surface area contributed by atoms with E-state index in [2.05, 4.69) is 9.72 Å². The lowest BCUT2D eigenvalue weighted by Gasteiger charge is -2.41. The normalized spacial score (nSPS) is 25.1. The first-order chi connectivity index (χ1) is 16.5. The van der Waals surface area contributed by atoms with E-state index in [1.807, 2.05) is 30.3 Å². The molecule has 11 heteroatoms. The molecule has 2 fully saturated rings. The number of hydrogen-bond donors (Lipinski definition) is 0. The second-order valence-corrected chi connectivity index (χ2v) is 7.40. The van der Waals surface area contributed by atoms with Crippen molar-refractivity contribution in [3.05, 3.63) is 53.7 Å². The average molecular weight is 470 g/mol. The van der Waals surface area contributed by atoms with E-state index >= 15 is 0 Å². The molecule has 0 saturated carbocycles. The highest BCUT2D eigenvalue weighted by atomic mass is 19.4. The van der Waals surface area contributed by atoms with Crippen LogP contribution < -0.4 is 9.47 Å². The molecule has 2 aliphatic rings. The Morgan fingerprint density at radius 1 is 1.27 bits per heavy atom. The number of methoxy groups -OCH3 is 1. The van der Waals surface area contributed by atoms with Gasteiger partial charge in [-0.1, -0.05) is 30.3 Å². The third kappa shape index (κ3) is 5.05. The number of rotatable bonds is 7. The molecule has 8 nitrogen and oxygen atoms in total. The number of carbonyl (C=O) groups is 1. The monoisotopic (exact) mass is 470 g/mol. The Labute approximate surface area is 191 Å². The highest BCUT2D eigenvalue weighted by Crippen LogP contribution is 2.42. The molecule has 0 N–H and O–H groups in total. The first-order valence-electron chi connectivity index (χ1n) is 11.1. The maximum Gasteiger partial charge on any atom is 0.522 e. The Bertz CT molecular complexity index is 1060. The minimum absolute atomic E-state index is 0.0230. The number of amides is 1. The van der Waals surface area contributed by atoms with E-state index in [1.54, 1.807) is 0 Å². The van der Waals surface area contributed by atoms with Gasteiger partial charge in [0, 0.05) is 13.0 Å². The van der Waals surface area contributed by atoms with Crippen LogP contribution in [-0.4, -0.2) is 68.4 Å². The van der Waals surface area contributed by atoms with E-state index in [9.17, 15) is 18.0 Å². The molecule has 0 spiro atoms. The van der Waals surface area contributed by atoms with Crippen molar-refractivity contribution >= 4 is 5.91 Å². The number of likely N-dealkylation sites (tertiary alicyclic amines) is 1. The maximum absolute atomic E-state index is 13.2. The van der Waals surface area contributed by atoms with Crippen molar-refractivity contribution in [3.63, 3.8) is 0 Å². The van der Waals surface area contributed by atoms with Crippen LogP contribution in [0.2, 0.25) is 0 Å². The van der Waals surface area contributed by atoms with Crippen molar-refractivity contribution in [2.45, 2.75) is 24.5 Å². The van der Waals surface area contributed by atoms with Gasteiger partial charge in [0.1, 0.15) is 30.8 Å². The molecule has 1 aromatic heterocycles. The standard InChI is InChI=1S/C22H23F3N2O6/c1-29-19-17(30-11-12-32-22(23,24)25)8-7-16(26-19)20(28)27-10-9-21(15-5-3-2-4-6-15)18(13-27)31-14-33-21/h2-8,18H,9-14H2,1H3/i14D2. The molecule has 0 aliphatic carbocycles. The fourth-order valence-corrected chi connectivity index (χ4v) is 3.87. The molecule has 2 saturated heterocycles. The lowest BCUT2D eigenvalue weighted by Crippen LogP contribution is -2.53. The molecule has 2 aliphatic heterocycles. The van der Waals surface area contributed by atoms with Crippen molar-refractivity contribution in [3.8, 4) is 11.6 Å². The number of carbonyl (C=O) groups excluding carboxylic acids is 1. The lowest BCUT2D eigenvalue weighted by molar-refractivity contribution is -0.325. The van der Waals surface area contributed by atoms with Crippen LogP contribution in [0.3, 0.4) is 0 Å². The van der Waals surface area contributed by atoms with Gasteiger partial charge >= 0.3 is 6.36 Å². The Hall–Kier alpha value is -2.89. The van der Waals surface area contributed by atoms with Gasteiger partial charge in [-0.2, -0.15) is 0 Å². The molecule has 0 radical (unpaired) electrons. The summed E-state index contributed by atoms with van der Waals surface area (Å²) >= 11 is 0. The number of piperidine rings is 1. The maximum atomic E-state index is 13.2. The van der Waals surface area contributed by atoms with Crippen molar-refractivity contribution in [2.75, 3.05) is 40.2 Å². The van der Waals surface area contributed by atoms with Crippen LogP contribution in [0.5, 0.6) is 11.6 Å². The molecule has 0 bridgehead atoms. The zero-order valence-electron chi connectivity index (χ0n) is 19.6. The summed E-state index contributed by atoms with van der Waals surface area (Å²) in [5, 5.41) is 0. The van der Waals surface area contributed by atoms with E-state index in [0.717, 1.165) is 5.56 Å². The van der Waals surface area contributed by atoms with Gasteiger partial charge in [0.25, 0.3) is 11.8 Å². The van der Waals surface area contributed by atoms with Crippen LogP contribution in [0, 0.1) is 0 Å². The van der Waals surface area contributed by atoms with Gasteiger partial charge in [-0.05, 0) is 17.7 Å². The highest BCUT2D eigenvalue weighted by Gasteiger charge is 2.51.